The molecule has 0 bridgehead atoms. The molecule has 0 radical (unpaired) electrons. The molecular weight excluding hydrogens is 766 g/mol. The van der Waals surface area contributed by atoms with E-state index in [0.717, 1.165) is 47.1 Å². The molecule has 4 aromatic heterocycles. The number of guanidine groups is 1. The molecule has 56 heavy (non-hydrogen) atoms. The van der Waals surface area contributed by atoms with Gasteiger partial charge in [-0.15, -0.1) is 0 Å². The van der Waals surface area contributed by atoms with E-state index in [1.807, 2.05) is 24.1 Å². The van der Waals surface area contributed by atoms with Crippen molar-refractivity contribution in [3.05, 3.63) is 83.4 Å². The maximum atomic E-state index is 12.4. The molecule has 6 aromatic rings. The lowest BCUT2D eigenvalue weighted by Gasteiger charge is -2.19. The quantitative estimate of drug-likeness (QED) is 0.0987. The van der Waals surface area contributed by atoms with Crippen LogP contribution in [-0.4, -0.2) is 93.9 Å². The third-order valence-electron chi connectivity index (χ3n) is 7.72. The van der Waals surface area contributed by atoms with Crippen LogP contribution in [0.4, 0.5) is 28.8 Å². The van der Waals surface area contributed by atoms with Crippen molar-refractivity contribution in [1.82, 2.24) is 44.3 Å². The minimum absolute atomic E-state index is 0.0138. The number of aliphatic carboxylic acids is 2. The summed E-state index contributed by atoms with van der Waals surface area (Å²) in [6, 6.07) is 12.3. The number of aromatic nitrogens is 7. The van der Waals surface area contributed by atoms with Gasteiger partial charge < -0.3 is 48.3 Å². The fourth-order valence-corrected chi connectivity index (χ4v) is 5.68. The number of rotatable bonds is 10. The highest BCUT2D eigenvalue weighted by atomic mass is 35.5. The molecule has 0 fully saturated rings. The second-order valence-corrected chi connectivity index (χ2v) is 12.8. The maximum Gasteiger partial charge on any atom is 0.326 e. The van der Waals surface area contributed by atoms with Crippen LogP contribution in [0, 0.1) is 0 Å². The SMILES string of the molecule is CN(Cc1cnc2nc(N)nc(N)c2n1)c1ccc(C(=O)N[C@@H](CCC(=O)O)C(=O)O)cc1.Clc1ccc2nsnc2c1NC1=NCCN1.Nc1ccncc1. The molecule has 290 valence electrons. The van der Waals surface area contributed by atoms with Crippen molar-refractivity contribution in [1.29, 1.82) is 0 Å². The highest BCUT2D eigenvalue weighted by Crippen LogP contribution is 2.30. The number of carbonyl (C=O) groups is 3. The molecule has 0 unspecified atom stereocenters. The Hall–Kier alpha value is -7.00. The standard InChI is InChI=1S/C20H22N8O5.C9H8ClN5S.C5H6N2/c1-28(9-11-8-23-17-15(24-11)16(21)26-20(22)27-17)12-4-2-10(3-5-12)18(31)25-13(19(32)33)6-7-14(29)30;10-5-1-2-6-8(15-16-14-6)7(5)13-9-11-3-4-12-9;6-5-1-3-7-4-2-5/h2-5,8,13H,6-7,9H2,1H3,(H,25,31)(H,29,30)(H,32,33)(H4,21,22,23,26,27);1-2H,3-4H2,(H2,11,12,13);1-4H,(H2,6,7)/t13-;;/m0../s1. The lowest BCUT2D eigenvalue weighted by Crippen LogP contribution is -2.41. The number of amides is 1. The van der Waals surface area contributed by atoms with Gasteiger partial charge in [0.15, 0.2) is 22.9 Å². The van der Waals surface area contributed by atoms with Gasteiger partial charge in [-0.05, 0) is 55.0 Å². The lowest BCUT2D eigenvalue weighted by molar-refractivity contribution is -0.140. The van der Waals surface area contributed by atoms with E-state index in [1.54, 1.807) is 42.9 Å². The van der Waals surface area contributed by atoms with E-state index in [4.69, 9.17) is 33.9 Å². The minimum Gasteiger partial charge on any atom is -0.481 e. The van der Waals surface area contributed by atoms with Gasteiger partial charge in [0.05, 0.1) is 47.4 Å². The fraction of sp³-hybridized carbons (Fsp3) is 0.206. The van der Waals surface area contributed by atoms with Crippen molar-refractivity contribution in [2.75, 3.05) is 47.6 Å². The summed E-state index contributed by atoms with van der Waals surface area (Å²) in [6.07, 6.45) is 4.29. The van der Waals surface area contributed by atoms with E-state index >= 15 is 0 Å². The molecule has 11 N–H and O–H groups in total. The summed E-state index contributed by atoms with van der Waals surface area (Å²) in [4.78, 5) is 60.7. The zero-order chi connectivity index (χ0) is 40.2. The Morgan fingerprint density at radius 3 is 2.38 bits per heavy atom. The Kier molecular flexibility index (Phi) is 13.5. The minimum atomic E-state index is -1.30. The van der Waals surface area contributed by atoms with Crippen LogP contribution < -0.4 is 38.1 Å². The molecule has 7 rings (SSSR count). The van der Waals surface area contributed by atoms with Crippen LogP contribution in [0.25, 0.3) is 22.2 Å². The van der Waals surface area contributed by atoms with Gasteiger partial charge in [-0.3, -0.25) is 19.6 Å². The second kappa shape index (κ2) is 18.9. The van der Waals surface area contributed by atoms with Crippen LogP contribution in [0.2, 0.25) is 5.02 Å². The molecule has 1 amide bonds. The Balaban J connectivity index is 0.000000211. The summed E-state index contributed by atoms with van der Waals surface area (Å²) in [7, 11) is 1.82. The molecule has 0 spiro atoms. The van der Waals surface area contributed by atoms with Gasteiger partial charge in [-0.25, -0.2) is 14.8 Å². The van der Waals surface area contributed by atoms with Crippen LogP contribution in [-0.2, 0) is 16.1 Å². The largest absolute Gasteiger partial charge is 0.481 e. The Morgan fingerprint density at radius 1 is 0.982 bits per heavy atom. The van der Waals surface area contributed by atoms with Gasteiger partial charge in [-0.2, -0.15) is 18.7 Å². The van der Waals surface area contributed by atoms with Crippen LogP contribution in [0.3, 0.4) is 0 Å². The number of fused-ring (bicyclic) bond motifs is 2. The van der Waals surface area contributed by atoms with Crippen molar-refractivity contribution in [3.63, 3.8) is 0 Å². The van der Waals surface area contributed by atoms with Crippen molar-refractivity contribution in [2.45, 2.75) is 25.4 Å². The number of benzene rings is 2. The number of nitrogens with two attached hydrogens (primary N) is 3. The van der Waals surface area contributed by atoms with Crippen LogP contribution in [0.15, 0.2) is 72.1 Å². The Labute approximate surface area is 327 Å². The van der Waals surface area contributed by atoms with Crippen molar-refractivity contribution in [2.24, 2.45) is 4.99 Å². The lowest BCUT2D eigenvalue weighted by atomic mass is 10.1. The number of halogens is 1. The average molecular weight is 802 g/mol. The van der Waals surface area contributed by atoms with E-state index in [2.05, 4.69) is 54.6 Å². The molecule has 1 aliphatic rings. The van der Waals surface area contributed by atoms with E-state index in [0.29, 0.717) is 28.4 Å². The van der Waals surface area contributed by atoms with E-state index in [1.165, 1.54) is 23.9 Å². The van der Waals surface area contributed by atoms with Gasteiger partial charge in [0.2, 0.25) is 5.95 Å². The van der Waals surface area contributed by atoms with Crippen molar-refractivity contribution in [3.8, 4) is 0 Å². The molecule has 22 heteroatoms. The monoisotopic (exact) mass is 801 g/mol. The first-order valence-electron chi connectivity index (χ1n) is 16.6. The zero-order valence-electron chi connectivity index (χ0n) is 29.6. The zero-order valence-corrected chi connectivity index (χ0v) is 31.2. The third-order valence-corrected chi connectivity index (χ3v) is 8.58. The van der Waals surface area contributed by atoms with Gasteiger partial charge in [0.25, 0.3) is 5.91 Å². The van der Waals surface area contributed by atoms with Crippen LogP contribution in [0.1, 0.15) is 28.9 Å². The number of nitrogens with zero attached hydrogens (tertiary/aromatic N) is 9. The predicted molar refractivity (Wildman–Crippen MR) is 213 cm³/mol. The second-order valence-electron chi connectivity index (χ2n) is 11.8. The van der Waals surface area contributed by atoms with Gasteiger partial charge >= 0.3 is 11.9 Å². The molecule has 1 aliphatic heterocycles. The number of hydrogen-bond acceptors (Lipinski definition) is 18. The average Bonchev–Trinajstić information content (AvgIpc) is 3.88. The summed E-state index contributed by atoms with van der Waals surface area (Å²) < 4.78 is 8.39. The predicted octanol–water partition coefficient (Wildman–Crippen LogP) is 2.65. The molecule has 0 aliphatic carbocycles. The summed E-state index contributed by atoms with van der Waals surface area (Å²) in [6.45, 7) is 2.01. The molecule has 5 heterocycles. The molecular formula is C34H36ClN15O5S. The molecule has 1 atom stereocenters. The number of hydrogen-bond donors (Lipinski definition) is 8. The Bertz CT molecular complexity index is 2350. The number of nitrogens with one attached hydrogen (secondary N) is 3. The van der Waals surface area contributed by atoms with Crippen molar-refractivity contribution >= 4 is 98.2 Å². The molecule has 0 saturated heterocycles. The molecule has 20 nitrogen and oxygen atoms in total. The maximum absolute atomic E-state index is 12.4. The van der Waals surface area contributed by atoms with E-state index in [-0.39, 0.29) is 30.2 Å². The number of aliphatic imine (C=N–C) groups is 1. The van der Waals surface area contributed by atoms with Gasteiger partial charge in [0, 0.05) is 49.3 Å². The summed E-state index contributed by atoms with van der Waals surface area (Å²) >= 11 is 7.30. The van der Waals surface area contributed by atoms with Crippen molar-refractivity contribution < 1.29 is 24.6 Å². The van der Waals surface area contributed by atoms with Gasteiger partial charge in [-0.1, -0.05) is 11.6 Å². The number of anilines is 5. The number of pyridine rings is 1. The summed E-state index contributed by atoms with van der Waals surface area (Å²) in [5.41, 5.74) is 22.1. The highest BCUT2D eigenvalue weighted by Gasteiger charge is 2.22. The van der Waals surface area contributed by atoms with Crippen LogP contribution >= 0.6 is 23.3 Å². The Morgan fingerprint density at radius 2 is 1.73 bits per heavy atom. The first-order chi connectivity index (χ1) is 26.9. The van der Waals surface area contributed by atoms with E-state index in [9.17, 15) is 19.5 Å². The normalized spacial score (nSPS) is 12.2. The summed E-state index contributed by atoms with van der Waals surface area (Å²) in [5, 5.41) is 27.1. The number of carbonyl (C=O) groups excluding carboxylic acids is 1. The van der Waals surface area contributed by atoms with Crippen LogP contribution in [0.5, 0.6) is 0 Å². The van der Waals surface area contributed by atoms with E-state index < -0.39 is 23.9 Å². The summed E-state index contributed by atoms with van der Waals surface area (Å²) in [5.74, 6) is -2.17. The smallest absolute Gasteiger partial charge is 0.326 e. The number of nitrogen functional groups attached to an aromatic ring is 3. The highest BCUT2D eigenvalue weighted by molar-refractivity contribution is 7.00. The number of carboxylic acid groups (broad SMARTS) is 2. The topological polar surface area (TPSA) is 312 Å². The first kappa shape index (κ1) is 40.2. The third kappa shape index (κ3) is 11.0. The first-order valence-corrected chi connectivity index (χ1v) is 17.7. The molecule has 2 aromatic carbocycles. The van der Waals surface area contributed by atoms with Gasteiger partial charge in [0.1, 0.15) is 17.1 Å². The fourth-order valence-electron chi connectivity index (χ4n) is 4.94. The molecule has 0 saturated carbocycles. The number of carboxylic acids is 2.